The molecule has 1 aliphatic heterocycles. The Kier molecular flexibility index (Phi) is 6.42. The van der Waals surface area contributed by atoms with E-state index in [1.54, 1.807) is 6.92 Å². The van der Waals surface area contributed by atoms with E-state index in [1.165, 1.54) is 6.07 Å². The van der Waals surface area contributed by atoms with Gasteiger partial charge in [0.2, 0.25) is 5.95 Å². The fourth-order valence-corrected chi connectivity index (χ4v) is 2.72. The number of carbonyl (C=O) groups is 1. The van der Waals surface area contributed by atoms with E-state index < -0.39 is 29.0 Å². The van der Waals surface area contributed by atoms with Crippen LogP contribution in [-0.4, -0.2) is 60.2 Å². The summed E-state index contributed by atoms with van der Waals surface area (Å²) in [7, 11) is 0. The van der Waals surface area contributed by atoms with Crippen LogP contribution < -0.4 is 10.6 Å². The van der Waals surface area contributed by atoms with Crippen LogP contribution in [0, 0.1) is 24.4 Å². The number of hydrogen-bond donors (Lipinski definition) is 2. The quantitative estimate of drug-likeness (QED) is 0.730. The first-order valence-corrected chi connectivity index (χ1v) is 8.78. The van der Waals surface area contributed by atoms with Gasteiger partial charge in [-0.1, -0.05) is 0 Å². The second-order valence-electron chi connectivity index (χ2n) is 6.28. The molecule has 0 unspecified atom stereocenters. The molecule has 1 fully saturated rings. The molecule has 2 N–H and O–H groups in total. The molecule has 10 heteroatoms. The van der Waals surface area contributed by atoms with Gasteiger partial charge in [0, 0.05) is 31.9 Å². The number of anilines is 2. The summed E-state index contributed by atoms with van der Waals surface area (Å²) in [6.07, 6.45) is 0. The summed E-state index contributed by atoms with van der Waals surface area (Å²) >= 11 is 0. The first-order chi connectivity index (χ1) is 13.4. The van der Waals surface area contributed by atoms with Crippen molar-refractivity contribution >= 4 is 17.5 Å². The molecule has 7 nitrogen and oxygen atoms in total. The maximum atomic E-state index is 13.8. The van der Waals surface area contributed by atoms with Crippen molar-refractivity contribution in [2.24, 2.45) is 0 Å². The van der Waals surface area contributed by atoms with Gasteiger partial charge in [-0.2, -0.15) is 0 Å². The molecule has 1 aliphatic rings. The minimum atomic E-state index is -1.65. The number of aryl methyl sites for hydroxylation is 1. The molecule has 1 amide bonds. The van der Waals surface area contributed by atoms with Gasteiger partial charge in [0.1, 0.15) is 5.69 Å². The number of rotatable bonds is 6. The normalized spacial score (nSPS) is 14.7. The number of halogens is 3. The molecule has 0 atom stereocenters. The van der Waals surface area contributed by atoms with Crippen molar-refractivity contribution in [2.45, 2.75) is 6.92 Å². The minimum absolute atomic E-state index is 0.0227. The summed E-state index contributed by atoms with van der Waals surface area (Å²) in [6, 6.07) is 3.10. The summed E-state index contributed by atoms with van der Waals surface area (Å²) in [5, 5.41) is 5.25. The van der Waals surface area contributed by atoms with Crippen LogP contribution in [0.2, 0.25) is 0 Å². The molecule has 0 bridgehead atoms. The van der Waals surface area contributed by atoms with Gasteiger partial charge in [0.15, 0.2) is 17.5 Å². The Morgan fingerprint density at radius 1 is 1.18 bits per heavy atom. The molecular weight excluding hydrogens is 375 g/mol. The van der Waals surface area contributed by atoms with E-state index in [2.05, 4.69) is 25.5 Å². The van der Waals surface area contributed by atoms with Gasteiger partial charge in [-0.3, -0.25) is 9.69 Å². The van der Waals surface area contributed by atoms with E-state index in [-0.39, 0.29) is 11.6 Å². The standard InChI is InChI=1S/C18H20F3N5O2/c1-11-10-14(17(27)24-13-3-2-12(19)15(20)16(13)21)25-18(23-11)22-4-5-26-6-8-28-9-7-26/h2-3,10H,4-9H2,1H3,(H,24,27)(H,22,23,25). The predicted molar refractivity (Wildman–Crippen MR) is 96.8 cm³/mol. The van der Waals surface area contributed by atoms with E-state index in [9.17, 15) is 18.0 Å². The van der Waals surface area contributed by atoms with Crippen molar-refractivity contribution in [1.29, 1.82) is 0 Å². The lowest BCUT2D eigenvalue weighted by atomic mass is 10.2. The first-order valence-electron chi connectivity index (χ1n) is 8.78. The van der Waals surface area contributed by atoms with E-state index in [0.717, 1.165) is 31.8 Å². The lowest BCUT2D eigenvalue weighted by Crippen LogP contribution is -2.39. The second kappa shape index (κ2) is 8.98. The highest BCUT2D eigenvalue weighted by atomic mass is 19.2. The van der Waals surface area contributed by atoms with Gasteiger partial charge in [0.25, 0.3) is 5.91 Å². The van der Waals surface area contributed by atoms with Crippen LogP contribution in [0.5, 0.6) is 0 Å². The van der Waals surface area contributed by atoms with Crippen molar-refractivity contribution in [2.75, 3.05) is 50.0 Å². The summed E-state index contributed by atoms with van der Waals surface area (Å²) < 4.78 is 45.4. The lowest BCUT2D eigenvalue weighted by Gasteiger charge is -2.26. The van der Waals surface area contributed by atoms with Gasteiger partial charge in [-0.05, 0) is 25.1 Å². The third kappa shape index (κ3) is 4.96. The Bertz CT molecular complexity index is 859. The van der Waals surface area contributed by atoms with Gasteiger partial charge < -0.3 is 15.4 Å². The highest BCUT2D eigenvalue weighted by Gasteiger charge is 2.17. The molecule has 0 aliphatic carbocycles. The SMILES string of the molecule is Cc1cc(C(=O)Nc2ccc(F)c(F)c2F)nc(NCCN2CCOCC2)n1. The highest BCUT2D eigenvalue weighted by molar-refractivity contribution is 6.03. The van der Waals surface area contributed by atoms with Gasteiger partial charge in [-0.15, -0.1) is 0 Å². The molecule has 1 aromatic heterocycles. The third-order valence-electron chi connectivity index (χ3n) is 4.19. The number of morpholine rings is 1. The third-order valence-corrected chi connectivity index (χ3v) is 4.19. The lowest BCUT2D eigenvalue weighted by molar-refractivity contribution is 0.0398. The Hall–Kier alpha value is -2.72. The highest BCUT2D eigenvalue weighted by Crippen LogP contribution is 2.20. The molecule has 3 rings (SSSR count). The van der Waals surface area contributed by atoms with Gasteiger partial charge >= 0.3 is 0 Å². The fourth-order valence-electron chi connectivity index (χ4n) is 2.72. The zero-order valence-corrected chi connectivity index (χ0v) is 15.3. The summed E-state index contributed by atoms with van der Waals surface area (Å²) in [5.41, 5.74) is 0.0345. The molecular formula is C18H20F3N5O2. The number of carbonyl (C=O) groups excluding carboxylic acids is 1. The maximum Gasteiger partial charge on any atom is 0.274 e. The van der Waals surface area contributed by atoms with E-state index >= 15 is 0 Å². The van der Waals surface area contributed by atoms with Crippen LogP contribution in [0.4, 0.5) is 24.8 Å². The molecule has 28 heavy (non-hydrogen) atoms. The zero-order chi connectivity index (χ0) is 20.1. The Morgan fingerprint density at radius 2 is 1.93 bits per heavy atom. The molecule has 2 aromatic rings. The van der Waals surface area contributed by atoms with Crippen LogP contribution in [-0.2, 0) is 4.74 Å². The Labute approximate surface area is 159 Å². The Morgan fingerprint density at radius 3 is 2.68 bits per heavy atom. The number of ether oxygens (including phenoxy) is 1. The van der Waals surface area contributed by atoms with Crippen LogP contribution >= 0.6 is 0 Å². The number of nitrogens with zero attached hydrogens (tertiary/aromatic N) is 3. The van der Waals surface area contributed by atoms with E-state index in [4.69, 9.17) is 4.74 Å². The van der Waals surface area contributed by atoms with Crippen LogP contribution in [0.1, 0.15) is 16.2 Å². The summed E-state index contributed by atoms with van der Waals surface area (Å²) in [6.45, 7) is 6.12. The largest absolute Gasteiger partial charge is 0.379 e. The molecule has 0 radical (unpaired) electrons. The first kappa shape index (κ1) is 20.0. The summed E-state index contributed by atoms with van der Waals surface area (Å²) in [4.78, 5) is 22.9. The van der Waals surface area contributed by atoms with Crippen LogP contribution in [0.15, 0.2) is 18.2 Å². The number of benzene rings is 1. The molecule has 1 saturated heterocycles. The average Bonchev–Trinajstić information content (AvgIpc) is 2.69. The second-order valence-corrected chi connectivity index (χ2v) is 6.28. The van der Waals surface area contributed by atoms with Crippen molar-refractivity contribution in [3.05, 3.63) is 47.0 Å². The number of aromatic nitrogens is 2. The molecule has 1 aromatic carbocycles. The maximum absolute atomic E-state index is 13.8. The topological polar surface area (TPSA) is 79.4 Å². The van der Waals surface area contributed by atoms with Crippen molar-refractivity contribution in [1.82, 2.24) is 14.9 Å². The van der Waals surface area contributed by atoms with Crippen LogP contribution in [0.25, 0.3) is 0 Å². The van der Waals surface area contributed by atoms with Crippen molar-refractivity contribution in [3.8, 4) is 0 Å². The average molecular weight is 395 g/mol. The molecule has 0 saturated carbocycles. The van der Waals surface area contributed by atoms with Gasteiger partial charge in [-0.25, -0.2) is 23.1 Å². The Balaban J connectivity index is 1.65. The number of nitrogens with one attached hydrogen (secondary N) is 2. The zero-order valence-electron chi connectivity index (χ0n) is 15.3. The number of amides is 1. The molecule has 150 valence electrons. The monoisotopic (exact) mass is 395 g/mol. The van der Waals surface area contributed by atoms with Crippen molar-refractivity contribution in [3.63, 3.8) is 0 Å². The predicted octanol–water partition coefficient (Wildman–Crippen LogP) is 2.20. The molecule has 0 spiro atoms. The molecule has 2 heterocycles. The van der Waals surface area contributed by atoms with E-state index in [1.807, 2.05) is 0 Å². The minimum Gasteiger partial charge on any atom is -0.379 e. The number of hydrogen-bond acceptors (Lipinski definition) is 6. The fraction of sp³-hybridized carbons (Fsp3) is 0.389. The van der Waals surface area contributed by atoms with Crippen LogP contribution in [0.3, 0.4) is 0 Å². The van der Waals surface area contributed by atoms with E-state index in [0.29, 0.717) is 25.5 Å². The van der Waals surface area contributed by atoms with Crippen molar-refractivity contribution < 1.29 is 22.7 Å². The van der Waals surface area contributed by atoms with Gasteiger partial charge in [0.05, 0.1) is 18.9 Å². The smallest absolute Gasteiger partial charge is 0.274 e. The summed E-state index contributed by atoms with van der Waals surface area (Å²) in [5.74, 6) is -4.96.